The number of aliphatic hydroxyl groups is 1. The highest BCUT2D eigenvalue weighted by atomic mass is 16.5. The van der Waals surface area contributed by atoms with Crippen molar-refractivity contribution in [2.45, 2.75) is 90.7 Å². The Labute approximate surface area is 216 Å². The summed E-state index contributed by atoms with van der Waals surface area (Å²) >= 11 is 0. The van der Waals surface area contributed by atoms with Crippen molar-refractivity contribution in [2.24, 2.45) is 39.6 Å². The minimum absolute atomic E-state index is 0.0184. The lowest BCUT2D eigenvalue weighted by molar-refractivity contribution is -0.130. The standard InChI is InChI=1S/C31H42N2O3/c1-19(34)33-29(20-5-8-23(36-4)9-6-20)18-28(32-33)27-12-11-25-24-10-7-21-17-22(35)13-15-30(21,2)26(24)14-16-31(25,27)3/h5-9,22,24-27,29,35H,10-18H2,1-4H3/t22?,24-,25-,26-,27?,29?,30-,31-/m0/s1. The SMILES string of the molecule is COc1ccc(C2CC(C3CC[C@H]4[C@@H]5CC=C6CC(O)CC[C@]6(C)[C@H]5CC[C@]34C)=NN2C(C)=O)cc1. The fourth-order valence-corrected chi connectivity index (χ4v) is 9.31. The van der Waals surface area contributed by atoms with Crippen molar-refractivity contribution >= 4 is 11.6 Å². The molecular formula is C31H42N2O3. The second kappa shape index (κ2) is 8.72. The van der Waals surface area contributed by atoms with E-state index in [1.807, 2.05) is 12.1 Å². The average molecular weight is 491 g/mol. The first kappa shape index (κ1) is 24.2. The van der Waals surface area contributed by atoms with Gasteiger partial charge in [0.1, 0.15) is 5.75 Å². The largest absolute Gasteiger partial charge is 0.497 e. The van der Waals surface area contributed by atoms with Crippen molar-refractivity contribution < 1.29 is 14.6 Å². The molecule has 3 unspecified atom stereocenters. The Bertz CT molecular complexity index is 1090. The van der Waals surface area contributed by atoms with E-state index in [9.17, 15) is 9.90 Å². The van der Waals surface area contributed by atoms with Crippen molar-refractivity contribution in [2.75, 3.05) is 7.11 Å². The lowest BCUT2D eigenvalue weighted by Gasteiger charge is -2.58. The number of fused-ring (bicyclic) bond motifs is 5. The van der Waals surface area contributed by atoms with E-state index >= 15 is 0 Å². The van der Waals surface area contributed by atoms with Gasteiger partial charge in [0.2, 0.25) is 5.91 Å². The van der Waals surface area contributed by atoms with E-state index in [2.05, 4.69) is 32.1 Å². The Balaban J connectivity index is 1.26. The molecule has 3 fully saturated rings. The fourth-order valence-electron chi connectivity index (χ4n) is 9.31. The van der Waals surface area contributed by atoms with Crippen LogP contribution in [-0.2, 0) is 4.79 Å². The normalized spacial score (nSPS) is 41.6. The summed E-state index contributed by atoms with van der Waals surface area (Å²) < 4.78 is 5.34. The number of rotatable bonds is 3. The summed E-state index contributed by atoms with van der Waals surface area (Å²) in [6.07, 6.45) is 12.4. The Kier molecular flexibility index (Phi) is 5.86. The Morgan fingerprint density at radius 3 is 2.56 bits per heavy atom. The van der Waals surface area contributed by atoms with Gasteiger partial charge in [-0.05, 0) is 97.6 Å². The number of carbonyl (C=O) groups excluding carboxylic acids is 1. The molecule has 5 heteroatoms. The number of benzene rings is 1. The van der Waals surface area contributed by atoms with Gasteiger partial charge in [-0.25, -0.2) is 5.01 Å². The molecule has 0 aromatic heterocycles. The van der Waals surface area contributed by atoms with Gasteiger partial charge in [0.05, 0.1) is 19.3 Å². The number of nitrogens with zero attached hydrogens (tertiary/aromatic N) is 2. The molecule has 0 saturated heterocycles. The van der Waals surface area contributed by atoms with E-state index in [1.54, 1.807) is 24.6 Å². The van der Waals surface area contributed by atoms with Gasteiger partial charge in [-0.1, -0.05) is 37.6 Å². The number of ether oxygens (including phenoxy) is 1. The van der Waals surface area contributed by atoms with E-state index in [0.29, 0.717) is 5.92 Å². The molecule has 4 aliphatic carbocycles. The van der Waals surface area contributed by atoms with Gasteiger partial charge >= 0.3 is 0 Å². The highest BCUT2D eigenvalue weighted by molar-refractivity contribution is 5.92. The van der Waals surface area contributed by atoms with Crippen LogP contribution in [0, 0.1) is 34.5 Å². The number of hydrogen-bond acceptors (Lipinski definition) is 4. The predicted octanol–water partition coefficient (Wildman–Crippen LogP) is 6.28. The fraction of sp³-hybridized carbons (Fsp3) is 0.677. The summed E-state index contributed by atoms with van der Waals surface area (Å²) in [5.41, 5.74) is 4.45. The Morgan fingerprint density at radius 1 is 1.06 bits per heavy atom. The van der Waals surface area contributed by atoms with Crippen LogP contribution in [0.25, 0.3) is 0 Å². The second-order valence-electron chi connectivity index (χ2n) is 12.8. The molecule has 0 bridgehead atoms. The zero-order valence-electron chi connectivity index (χ0n) is 22.4. The lowest BCUT2D eigenvalue weighted by Crippen LogP contribution is -2.51. The Hall–Kier alpha value is -2.14. The van der Waals surface area contributed by atoms with Gasteiger partial charge < -0.3 is 9.84 Å². The van der Waals surface area contributed by atoms with Crippen molar-refractivity contribution in [3.8, 4) is 5.75 Å². The molecule has 1 N–H and O–H groups in total. The average Bonchev–Trinajstić information content (AvgIpc) is 3.46. The third-order valence-corrected chi connectivity index (χ3v) is 11.2. The summed E-state index contributed by atoms with van der Waals surface area (Å²) in [7, 11) is 1.68. The van der Waals surface area contributed by atoms with Crippen LogP contribution < -0.4 is 4.74 Å². The number of methoxy groups -OCH3 is 1. The molecule has 0 radical (unpaired) electrons. The number of hydrazone groups is 1. The summed E-state index contributed by atoms with van der Waals surface area (Å²) in [6, 6.07) is 8.10. The quantitative estimate of drug-likeness (QED) is 0.507. The molecule has 1 aliphatic heterocycles. The highest BCUT2D eigenvalue weighted by Gasteiger charge is 2.59. The first-order valence-corrected chi connectivity index (χ1v) is 14.1. The molecule has 8 atom stereocenters. The number of hydrogen-bond donors (Lipinski definition) is 1. The number of amides is 1. The van der Waals surface area contributed by atoms with Gasteiger partial charge in [0, 0.05) is 25.0 Å². The van der Waals surface area contributed by atoms with Crippen LogP contribution in [0.3, 0.4) is 0 Å². The maximum atomic E-state index is 12.6. The number of carbonyl (C=O) groups is 1. The van der Waals surface area contributed by atoms with Crippen LogP contribution in [0.4, 0.5) is 0 Å². The maximum Gasteiger partial charge on any atom is 0.240 e. The topological polar surface area (TPSA) is 62.1 Å². The van der Waals surface area contributed by atoms with Crippen LogP contribution in [-0.4, -0.2) is 34.9 Å². The molecule has 5 aliphatic rings. The highest BCUT2D eigenvalue weighted by Crippen LogP contribution is 2.66. The van der Waals surface area contributed by atoms with E-state index in [4.69, 9.17) is 9.84 Å². The van der Waals surface area contributed by atoms with Crippen LogP contribution in [0.1, 0.15) is 90.2 Å². The smallest absolute Gasteiger partial charge is 0.240 e. The predicted molar refractivity (Wildman–Crippen MR) is 142 cm³/mol. The van der Waals surface area contributed by atoms with Crippen LogP contribution in [0.15, 0.2) is 41.0 Å². The van der Waals surface area contributed by atoms with E-state index in [1.165, 1.54) is 37.8 Å². The van der Waals surface area contributed by atoms with E-state index < -0.39 is 0 Å². The molecule has 1 amide bonds. The van der Waals surface area contributed by atoms with Crippen LogP contribution in [0.5, 0.6) is 5.75 Å². The van der Waals surface area contributed by atoms with Gasteiger partial charge in [-0.2, -0.15) is 5.10 Å². The monoisotopic (exact) mass is 490 g/mol. The third-order valence-electron chi connectivity index (χ3n) is 11.2. The molecule has 1 heterocycles. The third kappa shape index (κ3) is 3.60. The van der Waals surface area contributed by atoms with Crippen LogP contribution >= 0.6 is 0 Å². The zero-order valence-corrected chi connectivity index (χ0v) is 22.4. The first-order valence-electron chi connectivity index (χ1n) is 14.1. The van der Waals surface area contributed by atoms with Crippen molar-refractivity contribution in [1.29, 1.82) is 0 Å². The summed E-state index contributed by atoms with van der Waals surface area (Å²) in [6.45, 7) is 6.68. The molecule has 194 valence electrons. The number of aliphatic hydroxyl groups excluding tert-OH is 1. The van der Waals surface area contributed by atoms with Crippen molar-refractivity contribution in [1.82, 2.24) is 5.01 Å². The molecule has 36 heavy (non-hydrogen) atoms. The van der Waals surface area contributed by atoms with Gasteiger partial charge in [-0.3, -0.25) is 4.79 Å². The van der Waals surface area contributed by atoms with Crippen LogP contribution in [0.2, 0.25) is 0 Å². The molecular weight excluding hydrogens is 448 g/mol. The second-order valence-corrected chi connectivity index (χ2v) is 12.8. The van der Waals surface area contributed by atoms with Crippen molar-refractivity contribution in [3.63, 3.8) is 0 Å². The van der Waals surface area contributed by atoms with Gasteiger partial charge in [-0.15, -0.1) is 0 Å². The molecule has 5 nitrogen and oxygen atoms in total. The summed E-state index contributed by atoms with van der Waals surface area (Å²) in [4.78, 5) is 12.6. The summed E-state index contributed by atoms with van der Waals surface area (Å²) in [5.74, 6) is 3.51. The summed E-state index contributed by atoms with van der Waals surface area (Å²) in [5, 5.41) is 17.1. The maximum absolute atomic E-state index is 12.6. The zero-order chi connectivity index (χ0) is 25.2. The minimum Gasteiger partial charge on any atom is -0.497 e. The van der Waals surface area contributed by atoms with Gasteiger partial charge in [0.15, 0.2) is 0 Å². The minimum atomic E-state index is -0.145. The number of allylic oxidation sites excluding steroid dienone is 1. The molecule has 6 rings (SSSR count). The van der Waals surface area contributed by atoms with Crippen molar-refractivity contribution in [3.05, 3.63) is 41.5 Å². The molecule has 1 aromatic carbocycles. The Morgan fingerprint density at radius 2 is 1.83 bits per heavy atom. The first-order chi connectivity index (χ1) is 17.2. The molecule has 1 aromatic rings. The lowest BCUT2D eigenvalue weighted by atomic mass is 9.47. The molecule has 0 spiro atoms. The van der Waals surface area contributed by atoms with Gasteiger partial charge in [0.25, 0.3) is 0 Å². The van der Waals surface area contributed by atoms with E-state index in [-0.39, 0.29) is 28.9 Å². The molecule has 3 saturated carbocycles. The van der Waals surface area contributed by atoms with E-state index in [0.717, 1.165) is 54.7 Å².